The first kappa shape index (κ1) is 14.2. The van der Waals surface area contributed by atoms with Crippen LogP contribution in [0.5, 0.6) is 0 Å². The Morgan fingerprint density at radius 2 is 2.00 bits per heavy atom. The fourth-order valence-electron chi connectivity index (χ4n) is 2.09. The topological polar surface area (TPSA) is 66.4 Å². The van der Waals surface area contributed by atoms with Crippen molar-refractivity contribution in [2.75, 3.05) is 6.54 Å². The number of carbonyl (C=O) groups is 2. The summed E-state index contributed by atoms with van der Waals surface area (Å²) in [6, 6.07) is 4.57. The molecule has 19 heavy (non-hydrogen) atoms. The van der Waals surface area contributed by atoms with Crippen LogP contribution in [0, 0.1) is 5.41 Å². The molecule has 0 heterocycles. The highest BCUT2D eigenvalue weighted by Gasteiger charge is 2.44. The lowest BCUT2D eigenvalue weighted by Crippen LogP contribution is -2.47. The number of halogens is 2. The number of carboxylic acids is 1. The van der Waals surface area contributed by atoms with E-state index < -0.39 is 11.4 Å². The van der Waals surface area contributed by atoms with Crippen LogP contribution in [0.25, 0.3) is 0 Å². The first-order valence-corrected chi connectivity index (χ1v) is 6.67. The summed E-state index contributed by atoms with van der Waals surface area (Å²) >= 11 is 11.7. The first-order valence-electron chi connectivity index (χ1n) is 5.91. The Labute approximate surface area is 120 Å². The molecule has 102 valence electrons. The van der Waals surface area contributed by atoms with Gasteiger partial charge in [0.1, 0.15) is 0 Å². The van der Waals surface area contributed by atoms with E-state index in [-0.39, 0.29) is 17.5 Å². The van der Waals surface area contributed by atoms with Gasteiger partial charge in [0.05, 0.1) is 16.0 Å². The van der Waals surface area contributed by atoms with Crippen LogP contribution in [0.4, 0.5) is 0 Å². The molecule has 0 saturated heterocycles. The van der Waals surface area contributed by atoms with Gasteiger partial charge in [0.2, 0.25) is 0 Å². The number of aliphatic carboxylic acids is 1. The van der Waals surface area contributed by atoms with Crippen molar-refractivity contribution in [1.29, 1.82) is 0 Å². The summed E-state index contributed by atoms with van der Waals surface area (Å²) in [5.74, 6) is -1.24. The summed E-state index contributed by atoms with van der Waals surface area (Å²) in [6.07, 6.45) is 2.07. The van der Waals surface area contributed by atoms with E-state index in [1.807, 2.05) is 0 Å². The van der Waals surface area contributed by atoms with Crippen LogP contribution in [-0.4, -0.2) is 23.5 Å². The molecule has 2 rings (SSSR count). The van der Waals surface area contributed by atoms with E-state index in [9.17, 15) is 9.59 Å². The van der Waals surface area contributed by atoms with E-state index in [0.29, 0.717) is 23.4 Å². The van der Waals surface area contributed by atoms with Gasteiger partial charge in [0.15, 0.2) is 0 Å². The van der Waals surface area contributed by atoms with Crippen LogP contribution in [0.1, 0.15) is 29.6 Å². The maximum absolute atomic E-state index is 12.0. The second kappa shape index (κ2) is 5.39. The molecule has 0 aliphatic heterocycles. The molecule has 2 N–H and O–H groups in total. The van der Waals surface area contributed by atoms with Gasteiger partial charge in [-0.25, -0.2) is 0 Å². The minimum atomic E-state index is -0.860. The van der Waals surface area contributed by atoms with Gasteiger partial charge in [-0.15, -0.1) is 0 Å². The third kappa shape index (κ3) is 2.85. The maximum atomic E-state index is 12.0. The Morgan fingerprint density at radius 3 is 2.47 bits per heavy atom. The van der Waals surface area contributed by atoms with E-state index in [0.717, 1.165) is 6.42 Å². The molecule has 1 saturated carbocycles. The highest BCUT2D eigenvalue weighted by Crippen LogP contribution is 2.40. The molecule has 0 bridgehead atoms. The van der Waals surface area contributed by atoms with Gasteiger partial charge in [0.25, 0.3) is 5.91 Å². The van der Waals surface area contributed by atoms with Crippen molar-refractivity contribution < 1.29 is 14.7 Å². The summed E-state index contributed by atoms with van der Waals surface area (Å²) in [7, 11) is 0. The minimum absolute atomic E-state index is 0.125. The zero-order chi connectivity index (χ0) is 14.0. The van der Waals surface area contributed by atoms with Crippen LogP contribution >= 0.6 is 23.2 Å². The molecule has 1 aliphatic carbocycles. The first-order chi connectivity index (χ1) is 8.94. The van der Waals surface area contributed by atoms with Crippen LogP contribution in [0.15, 0.2) is 18.2 Å². The standard InChI is InChI=1S/C13H13Cl2NO3/c14-8-2-3-9(10(15)6-8)11(17)16-7-13(12(18)19)4-1-5-13/h2-3,6H,1,4-5,7H2,(H,16,17)(H,18,19). The number of carbonyl (C=O) groups excluding carboxylic acids is 1. The van der Waals surface area contributed by atoms with E-state index in [1.54, 1.807) is 6.07 Å². The molecule has 6 heteroatoms. The van der Waals surface area contributed by atoms with Crippen molar-refractivity contribution in [1.82, 2.24) is 5.32 Å². The Balaban J connectivity index is 2.03. The monoisotopic (exact) mass is 301 g/mol. The zero-order valence-corrected chi connectivity index (χ0v) is 11.6. The van der Waals surface area contributed by atoms with E-state index in [1.165, 1.54) is 12.1 Å². The second-order valence-corrected chi connectivity index (χ2v) is 5.59. The fourth-order valence-corrected chi connectivity index (χ4v) is 2.58. The molecule has 0 radical (unpaired) electrons. The summed E-state index contributed by atoms with van der Waals surface area (Å²) in [4.78, 5) is 23.1. The molecule has 0 spiro atoms. The normalized spacial score (nSPS) is 16.5. The fraction of sp³-hybridized carbons (Fsp3) is 0.385. The van der Waals surface area contributed by atoms with Gasteiger partial charge >= 0.3 is 5.97 Å². The van der Waals surface area contributed by atoms with Crippen molar-refractivity contribution in [2.45, 2.75) is 19.3 Å². The predicted octanol–water partition coefficient (Wildman–Crippen LogP) is 2.98. The number of nitrogens with one attached hydrogen (secondary N) is 1. The van der Waals surface area contributed by atoms with Gasteiger partial charge in [-0.2, -0.15) is 0 Å². The molecular weight excluding hydrogens is 289 g/mol. The molecule has 0 unspecified atom stereocenters. The lowest BCUT2D eigenvalue weighted by atomic mass is 9.69. The van der Waals surface area contributed by atoms with Gasteiger partial charge < -0.3 is 10.4 Å². The quantitative estimate of drug-likeness (QED) is 0.898. The molecule has 1 amide bonds. The second-order valence-electron chi connectivity index (χ2n) is 4.75. The van der Waals surface area contributed by atoms with Crippen molar-refractivity contribution in [3.8, 4) is 0 Å². The van der Waals surface area contributed by atoms with Crippen molar-refractivity contribution in [3.63, 3.8) is 0 Å². The van der Waals surface area contributed by atoms with Gasteiger partial charge in [-0.3, -0.25) is 9.59 Å². The van der Waals surface area contributed by atoms with E-state index in [2.05, 4.69) is 5.32 Å². The highest BCUT2D eigenvalue weighted by atomic mass is 35.5. The van der Waals surface area contributed by atoms with Crippen LogP contribution < -0.4 is 5.32 Å². The average Bonchev–Trinajstić information content (AvgIpc) is 2.26. The predicted molar refractivity (Wildman–Crippen MR) is 72.7 cm³/mol. The molecule has 1 aliphatic rings. The van der Waals surface area contributed by atoms with E-state index in [4.69, 9.17) is 28.3 Å². The smallest absolute Gasteiger partial charge is 0.311 e. The third-order valence-corrected chi connectivity index (χ3v) is 4.08. The van der Waals surface area contributed by atoms with Crippen LogP contribution in [0.2, 0.25) is 10.0 Å². The number of rotatable bonds is 4. The highest BCUT2D eigenvalue weighted by molar-refractivity contribution is 6.36. The van der Waals surface area contributed by atoms with Crippen molar-refractivity contribution >= 4 is 35.1 Å². The molecular formula is C13H13Cl2NO3. The number of carboxylic acid groups (broad SMARTS) is 1. The molecule has 1 aromatic rings. The summed E-state index contributed by atoms with van der Waals surface area (Å²) in [5, 5.41) is 12.5. The molecule has 0 atom stereocenters. The van der Waals surface area contributed by atoms with Crippen molar-refractivity contribution in [3.05, 3.63) is 33.8 Å². The van der Waals surface area contributed by atoms with Crippen molar-refractivity contribution in [2.24, 2.45) is 5.41 Å². The Bertz CT molecular complexity index is 527. The molecule has 0 aromatic heterocycles. The minimum Gasteiger partial charge on any atom is -0.481 e. The molecule has 1 fully saturated rings. The SMILES string of the molecule is O=C(NCC1(C(=O)O)CCC1)c1ccc(Cl)cc1Cl. The summed E-state index contributed by atoms with van der Waals surface area (Å²) in [5.41, 5.74) is -0.514. The maximum Gasteiger partial charge on any atom is 0.311 e. The zero-order valence-electron chi connectivity index (χ0n) is 10.1. The molecule has 4 nitrogen and oxygen atoms in total. The lowest BCUT2D eigenvalue weighted by molar-refractivity contribution is -0.153. The number of hydrogen-bond donors (Lipinski definition) is 2. The average molecular weight is 302 g/mol. The largest absolute Gasteiger partial charge is 0.481 e. The Kier molecular flexibility index (Phi) is 4.02. The van der Waals surface area contributed by atoms with Gasteiger partial charge in [-0.1, -0.05) is 29.6 Å². The number of benzene rings is 1. The van der Waals surface area contributed by atoms with Gasteiger partial charge in [-0.05, 0) is 31.0 Å². The summed E-state index contributed by atoms with van der Waals surface area (Å²) < 4.78 is 0. The Hall–Kier alpha value is -1.26. The summed E-state index contributed by atoms with van der Waals surface area (Å²) in [6.45, 7) is 0.125. The van der Waals surface area contributed by atoms with Crippen LogP contribution in [0.3, 0.4) is 0 Å². The number of hydrogen-bond acceptors (Lipinski definition) is 2. The number of amides is 1. The van der Waals surface area contributed by atoms with Crippen LogP contribution in [-0.2, 0) is 4.79 Å². The molecule has 1 aromatic carbocycles. The van der Waals surface area contributed by atoms with E-state index >= 15 is 0 Å². The van der Waals surface area contributed by atoms with Gasteiger partial charge in [0, 0.05) is 11.6 Å². The third-order valence-electron chi connectivity index (χ3n) is 3.53. The Morgan fingerprint density at radius 1 is 1.32 bits per heavy atom. The lowest BCUT2D eigenvalue weighted by Gasteiger charge is -2.37.